The van der Waals surface area contributed by atoms with Crippen molar-refractivity contribution in [2.24, 2.45) is 11.8 Å². The first kappa shape index (κ1) is 14.0. The third-order valence-electron chi connectivity index (χ3n) is 3.86. The maximum absolute atomic E-state index is 13.7. The van der Waals surface area contributed by atoms with E-state index < -0.39 is 5.82 Å². The van der Waals surface area contributed by atoms with E-state index in [2.05, 4.69) is 17.6 Å². The van der Waals surface area contributed by atoms with E-state index in [1.165, 1.54) is 6.07 Å². The van der Waals surface area contributed by atoms with E-state index >= 15 is 0 Å². The van der Waals surface area contributed by atoms with Crippen LogP contribution >= 0.6 is 0 Å². The minimum absolute atomic E-state index is 0.132. The molecular formula is C15H21FN2O. The topological polar surface area (TPSA) is 41.1 Å². The van der Waals surface area contributed by atoms with Crippen molar-refractivity contribution in [3.05, 3.63) is 35.1 Å². The average Bonchev–Trinajstić information content (AvgIpc) is 2.37. The van der Waals surface area contributed by atoms with Crippen LogP contribution in [-0.4, -0.2) is 25.5 Å². The Morgan fingerprint density at radius 1 is 1.53 bits per heavy atom. The Bertz CT molecular complexity index is 461. The molecule has 2 atom stereocenters. The molecule has 1 aromatic rings. The predicted molar refractivity (Wildman–Crippen MR) is 73.6 cm³/mol. The van der Waals surface area contributed by atoms with Gasteiger partial charge in [0.15, 0.2) is 0 Å². The normalized spacial score (nSPS) is 23.1. The average molecular weight is 264 g/mol. The Labute approximate surface area is 113 Å². The van der Waals surface area contributed by atoms with E-state index in [0.29, 0.717) is 18.4 Å². The first-order chi connectivity index (χ1) is 9.08. The zero-order chi connectivity index (χ0) is 13.8. The second kappa shape index (κ2) is 6.15. The smallest absolute Gasteiger partial charge is 0.254 e. The molecule has 1 aliphatic heterocycles. The van der Waals surface area contributed by atoms with Gasteiger partial charge in [0.05, 0.1) is 5.56 Å². The third-order valence-corrected chi connectivity index (χ3v) is 3.86. The molecule has 1 heterocycles. The number of hydrogen-bond donors (Lipinski definition) is 2. The SMILES string of the molecule is Cc1ccc(C(=O)NCC2CCNCC2C)c(F)c1. The monoisotopic (exact) mass is 264 g/mol. The number of carbonyl (C=O) groups is 1. The maximum Gasteiger partial charge on any atom is 0.254 e. The molecule has 1 fully saturated rings. The highest BCUT2D eigenvalue weighted by Gasteiger charge is 2.22. The molecular weight excluding hydrogens is 243 g/mol. The van der Waals surface area contributed by atoms with Gasteiger partial charge in [-0.2, -0.15) is 0 Å². The van der Waals surface area contributed by atoms with Crippen LogP contribution in [0.5, 0.6) is 0 Å². The lowest BCUT2D eigenvalue weighted by Gasteiger charge is -2.29. The van der Waals surface area contributed by atoms with Gasteiger partial charge in [-0.3, -0.25) is 4.79 Å². The molecule has 104 valence electrons. The molecule has 0 bridgehead atoms. The van der Waals surface area contributed by atoms with Crippen molar-refractivity contribution in [1.82, 2.24) is 10.6 Å². The molecule has 1 aliphatic rings. The van der Waals surface area contributed by atoms with Gasteiger partial charge in [-0.25, -0.2) is 4.39 Å². The van der Waals surface area contributed by atoms with Crippen LogP contribution in [0.1, 0.15) is 29.3 Å². The number of halogens is 1. The zero-order valence-electron chi connectivity index (χ0n) is 11.5. The second-order valence-electron chi connectivity index (χ2n) is 5.42. The highest BCUT2D eigenvalue weighted by atomic mass is 19.1. The van der Waals surface area contributed by atoms with E-state index in [4.69, 9.17) is 0 Å². The summed E-state index contributed by atoms with van der Waals surface area (Å²) in [6.07, 6.45) is 1.05. The fraction of sp³-hybridized carbons (Fsp3) is 0.533. The summed E-state index contributed by atoms with van der Waals surface area (Å²) >= 11 is 0. The first-order valence-electron chi connectivity index (χ1n) is 6.83. The van der Waals surface area contributed by atoms with Crippen LogP contribution < -0.4 is 10.6 Å². The molecule has 3 nitrogen and oxygen atoms in total. The Balaban J connectivity index is 1.93. The quantitative estimate of drug-likeness (QED) is 0.878. The Morgan fingerprint density at radius 2 is 2.32 bits per heavy atom. The number of piperidine rings is 1. The third kappa shape index (κ3) is 3.53. The molecule has 19 heavy (non-hydrogen) atoms. The highest BCUT2D eigenvalue weighted by molar-refractivity contribution is 5.94. The minimum atomic E-state index is -0.448. The number of hydrogen-bond acceptors (Lipinski definition) is 2. The molecule has 4 heteroatoms. The number of amides is 1. The lowest BCUT2D eigenvalue weighted by molar-refractivity contribution is 0.0934. The molecule has 0 aromatic heterocycles. The van der Waals surface area contributed by atoms with Crippen molar-refractivity contribution < 1.29 is 9.18 Å². The highest BCUT2D eigenvalue weighted by Crippen LogP contribution is 2.18. The van der Waals surface area contributed by atoms with Crippen LogP contribution in [0.4, 0.5) is 4.39 Å². The Hall–Kier alpha value is -1.42. The molecule has 1 amide bonds. The zero-order valence-corrected chi connectivity index (χ0v) is 11.5. The largest absolute Gasteiger partial charge is 0.352 e. The van der Waals surface area contributed by atoms with Gasteiger partial charge < -0.3 is 10.6 Å². The number of rotatable bonds is 3. The van der Waals surface area contributed by atoms with E-state index in [-0.39, 0.29) is 11.5 Å². The molecule has 2 rings (SSSR count). The fourth-order valence-corrected chi connectivity index (χ4v) is 2.49. The fourth-order valence-electron chi connectivity index (χ4n) is 2.49. The molecule has 2 N–H and O–H groups in total. The lowest BCUT2D eigenvalue weighted by atomic mass is 9.88. The standard InChI is InChI=1S/C15H21FN2O/c1-10-3-4-13(14(16)7-10)15(19)18-9-12-5-6-17-8-11(12)2/h3-4,7,11-12,17H,5-6,8-9H2,1-2H3,(H,18,19). The minimum Gasteiger partial charge on any atom is -0.352 e. The van der Waals surface area contributed by atoms with Gasteiger partial charge in [0.1, 0.15) is 5.82 Å². The first-order valence-corrected chi connectivity index (χ1v) is 6.83. The molecule has 2 unspecified atom stereocenters. The summed E-state index contributed by atoms with van der Waals surface area (Å²) < 4.78 is 13.7. The van der Waals surface area contributed by atoms with Crippen molar-refractivity contribution in [3.63, 3.8) is 0 Å². The van der Waals surface area contributed by atoms with E-state index in [1.54, 1.807) is 12.1 Å². The van der Waals surface area contributed by atoms with Crippen molar-refractivity contribution in [1.29, 1.82) is 0 Å². The van der Waals surface area contributed by atoms with Crippen molar-refractivity contribution >= 4 is 5.91 Å². The van der Waals surface area contributed by atoms with E-state index in [1.807, 2.05) is 6.92 Å². The number of carbonyl (C=O) groups excluding carboxylic acids is 1. The van der Waals surface area contributed by atoms with Gasteiger partial charge >= 0.3 is 0 Å². The van der Waals surface area contributed by atoms with Crippen LogP contribution in [0.25, 0.3) is 0 Å². The van der Waals surface area contributed by atoms with Crippen LogP contribution in [0.3, 0.4) is 0 Å². The summed E-state index contributed by atoms with van der Waals surface area (Å²) in [5.74, 6) is 0.245. The van der Waals surface area contributed by atoms with E-state index in [0.717, 1.165) is 25.1 Å². The molecule has 0 saturated carbocycles. The Kier molecular flexibility index (Phi) is 4.53. The molecule has 1 aromatic carbocycles. The lowest BCUT2D eigenvalue weighted by Crippen LogP contribution is -2.41. The second-order valence-corrected chi connectivity index (χ2v) is 5.42. The summed E-state index contributed by atoms with van der Waals surface area (Å²) in [4.78, 5) is 12.0. The van der Waals surface area contributed by atoms with Crippen LogP contribution in [0.2, 0.25) is 0 Å². The van der Waals surface area contributed by atoms with Gasteiger partial charge in [-0.1, -0.05) is 13.0 Å². The van der Waals surface area contributed by atoms with Crippen LogP contribution in [0, 0.1) is 24.6 Å². The summed E-state index contributed by atoms with van der Waals surface area (Å²) in [5, 5.41) is 6.18. The van der Waals surface area contributed by atoms with Gasteiger partial charge in [0.25, 0.3) is 5.91 Å². The van der Waals surface area contributed by atoms with Gasteiger partial charge in [-0.15, -0.1) is 0 Å². The number of nitrogens with one attached hydrogen (secondary N) is 2. The predicted octanol–water partition coefficient (Wildman–Crippen LogP) is 2.11. The number of aryl methyl sites for hydroxylation is 1. The van der Waals surface area contributed by atoms with Crippen LogP contribution in [0.15, 0.2) is 18.2 Å². The molecule has 1 saturated heterocycles. The Morgan fingerprint density at radius 3 is 3.00 bits per heavy atom. The van der Waals surface area contributed by atoms with Gasteiger partial charge in [-0.05, 0) is 56.0 Å². The summed E-state index contributed by atoms with van der Waals surface area (Å²) in [6, 6.07) is 4.69. The maximum atomic E-state index is 13.7. The summed E-state index contributed by atoms with van der Waals surface area (Å²) in [7, 11) is 0. The van der Waals surface area contributed by atoms with Crippen LogP contribution in [-0.2, 0) is 0 Å². The molecule has 0 spiro atoms. The van der Waals surface area contributed by atoms with Gasteiger partial charge in [0.2, 0.25) is 0 Å². The van der Waals surface area contributed by atoms with E-state index in [9.17, 15) is 9.18 Å². The van der Waals surface area contributed by atoms with Gasteiger partial charge in [0, 0.05) is 6.54 Å². The van der Waals surface area contributed by atoms with Crippen molar-refractivity contribution in [2.75, 3.05) is 19.6 Å². The van der Waals surface area contributed by atoms with Crippen molar-refractivity contribution in [3.8, 4) is 0 Å². The molecule has 0 radical (unpaired) electrons. The summed E-state index contributed by atoms with van der Waals surface area (Å²) in [6.45, 7) is 6.58. The summed E-state index contributed by atoms with van der Waals surface area (Å²) in [5.41, 5.74) is 0.952. The number of benzene rings is 1. The van der Waals surface area contributed by atoms with Crippen molar-refractivity contribution in [2.45, 2.75) is 20.3 Å². The molecule has 0 aliphatic carbocycles.